The minimum Gasteiger partial charge on any atom is -0.495 e. The van der Waals surface area contributed by atoms with E-state index in [0.717, 1.165) is 0 Å². The number of hydrogen-bond acceptors (Lipinski definition) is 3. The van der Waals surface area contributed by atoms with Crippen LogP contribution in [0.2, 0.25) is 0 Å². The van der Waals surface area contributed by atoms with Crippen molar-refractivity contribution in [3.8, 4) is 17.6 Å². The highest BCUT2D eigenvalue weighted by atomic mass is 79.9. The third kappa shape index (κ3) is 5.33. The lowest BCUT2D eigenvalue weighted by atomic mass is 10.1. The van der Waals surface area contributed by atoms with E-state index in [-0.39, 0.29) is 18.1 Å². The van der Waals surface area contributed by atoms with Crippen LogP contribution in [0.5, 0.6) is 5.75 Å². The Morgan fingerprint density at radius 3 is 2.71 bits per heavy atom. The summed E-state index contributed by atoms with van der Waals surface area (Å²) in [6, 6.07) is 9.98. The molecule has 2 N–H and O–H groups in total. The van der Waals surface area contributed by atoms with Crippen molar-refractivity contribution in [2.75, 3.05) is 26.0 Å². The SMILES string of the molecule is CNC(=O)c1ccc(NCC#Cc2cc3c(Br)cccn3c2CC(F)(F)F)c(OC)c1. The molecule has 0 spiro atoms. The highest BCUT2D eigenvalue weighted by Gasteiger charge is 2.30. The lowest BCUT2D eigenvalue weighted by Crippen LogP contribution is -2.17. The van der Waals surface area contributed by atoms with E-state index in [1.807, 2.05) is 0 Å². The van der Waals surface area contributed by atoms with Gasteiger partial charge < -0.3 is 19.8 Å². The number of nitrogens with one attached hydrogen (secondary N) is 2. The number of hydrogen-bond donors (Lipinski definition) is 2. The molecule has 3 rings (SSSR count). The number of pyridine rings is 1. The second-order valence-electron chi connectivity index (χ2n) is 6.56. The standard InChI is InChI=1S/C22H19BrF3N3O2/c1-27-21(30)15-7-8-17(20(12-15)31-2)28-9-3-5-14-11-18-16(23)6-4-10-29(18)19(14)13-22(24,25)26/h4,6-8,10-12,28H,9,13H2,1-2H3,(H,27,30). The zero-order valence-corrected chi connectivity index (χ0v) is 18.3. The molecule has 0 aliphatic heterocycles. The molecule has 5 nitrogen and oxygen atoms in total. The number of rotatable bonds is 5. The van der Waals surface area contributed by atoms with Crippen molar-refractivity contribution in [2.45, 2.75) is 12.6 Å². The summed E-state index contributed by atoms with van der Waals surface area (Å²) in [6.07, 6.45) is -3.85. The number of halogens is 4. The first-order valence-corrected chi connectivity index (χ1v) is 10.0. The minimum absolute atomic E-state index is 0.0869. The first kappa shape index (κ1) is 22.6. The molecular formula is C22H19BrF3N3O2. The number of carbonyl (C=O) groups excluding carboxylic acids is 1. The third-order valence-corrected chi connectivity index (χ3v) is 5.18. The zero-order valence-electron chi connectivity index (χ0n) is 16.7. The van der Waals surface area contributed by atoms with Crippen LogP contribution in [0.25, 0.3) is 5.52 Å². The normalized spacial score (nSPS) is 11.0. The molecule has 162 valence electrons. The Labute approximate surface area is 185 Å². The number of fused-ring (bicyclic) bond motifs is 1. The summed E-state index contributed by atoms with van der Waals surface area (Å²) in [5.74, 6) is 5.92. The van der Waals surface area contributed by atoms with Crippen molar-refractivity contribution < 1.29 is 22.7 Å². The fourth-order valence-electron chi connectivity index (χ4n) is 3.10. The largest absolute Gasteiger partial charge is 0.495 e. The number of methoxy groups -OCH3 is 1. The van der Waals surface area contributed by atoms with E-state index in [9.17, 15) is 18.0 Å². The van der Waals surface area contributed by atoms with Gasteiger partial charge in [-0.25, -0.2) is 0 Å². The van der Waals surface area contributed by atoms with Gasteiger partial charge in [0.15, 0.2) is 0 Å². The van der Waals surface area contributed by atoms with Crippen LogP contribution in [0, 0.1) is 11.8 Å². The summed E-state index contributed by atoms with van der Waals surface area (Å²) >= 11 is 3.37. The maximum Gasteiger partial charge on any atom is 0.394 e. The quantitative estimate of drug-likeness (QED) is 0.509. The highest BCUT2D eigenvalue weighted by molar-refractivity contribution is 9.10. The molecule has 0 fully saturated rings. The van der Waals surface area contributed by atoms with Crippen molar-refractivity contribution in [1.82, 2.24) is 9.72 Å². The van der Waals surface area contributed by atoms with Crippen LogP contribution in [-0.4, -0.2) is 37.2 Å². The maximum atomic E-state index is 13.1. The van der Waals surface area contributed by atoms with Crippen LogP contribution < -0.4 is 15.4 Å². The predicted octanol–water partition coefficient (Wildman–Crippen LogP) is 4.64. The van der Waals surface area contributed by atoms with Crippen LogP contribution in [-0.2, 0) is 6.42 Å². The first-order valence-electron chi connectivity index (χ1n) is 9.21. The van der Waals surface area contributed by atoms with Gasteiger partial charge in [-0.3, -0.25) is 4.79 Å². The van der Waals surface area contributed by atoms with E-state index in [4.69, 9.17) is 4.74 Å². The molecule has 3 aromatic rings. The van der Waals surface area contributed by atoms with Gasteiger partial charge in [-0.15, -0.1) is 0 Å². The van der Waals surface area contributed by atoms with Gasteiger partial charge in [0.25, 0.3) is 5.91 Å². The summed E-state index contributed by atoms with van der Waals surface area (Å²) in [5, 5.41) is 5.60. The zero-order chi connectivity index (χ0) is 22.6. The highest BCUT2D eigenvalue weighted by Crippen LogP contribution is 2.29. The van der Waals surface area contributed by atoms with Gasteiger partial charge in [0.2, 0.25) is 0 Å². The van der Waals surface area contributed by atoms with Gasteiger partial charge in [-0.1, -0.05) is 11.8 Å². The first-order chi connectivity index (χ1) is 14.7. The molecule has 2 aromatic heterocycles. The Hall–Kier alpha value is -3.12. The van der Waals surface area contributed by atoms with E-state index < -0.39 is 12.6 Å². The molecule has 9 heteroatoms. The fraction of sp³-hybridized carbons (Fsp3) is 0.227. The second-order valence-corrected chi connectivity index (χ2v) is 7.41. The summed E-state index contributed by atoms with van der Waals surface area (Å²) in [5.41, 5.74) is 2.07. The van der Waals surface area contributed by atoms with E-state index in [2.05, 4.69) is 38.4 Å². The van der Waals surface area contributed by atoms with Crippen LogP contribution in [0.3, 0.4) is 0 Å². The number of ether oxygens (including phenoxy) is 1. The van der Waals surface area contributed by atoms with E-state index >= 15 is 0 Å². The Morgan fingerprint density at radius 1 is 1.26 bits per heavy atom. The molecule has 1 amide bonds. The molecule has 0 aliphatic rings. The summed E-state index contributed by atoms with van der Waals surface area (Å²) in [4.78, 5) is 11.7. The lowest BCUT2D eigenvalue weighted by Gasteiger charge is -2.10. The van der Waals surface area contributed by atoms with E-state index in [1.54, 1.807) is 42.6 Å². The molecule has 0 bridgehead atoms. The number of anilines is 1. The monoisotopic (exact) mass is 493 g/mol. The lowest BCUT2D eigenvalue weighted by molar-refractivity contribution is -0.128. The van der Waals surface area contributed by atoms with Gasteiger partial charge in [0, 0.05) is 34.5 Å². The number of amides is 1. The van der Waals surface area contributed by atoms with Gasteiger partial charge in [0.1, 0.15) is 5.75 Å². The molecular weight excluding hydrogens is 475 g/mol. The van der Waals surface area contributed by atoms with Gasteiger partial charge in [0.05, 0.1) is 31.3 Å². The van der Waals surface area contributed by atoms with Crippen molar-refractivity contribution in [1.29, 1.82) is 0 Å². The molecule has 31 heavy (non-hydrogen) atoms. The van der Waals surface area contributed by atoms with Crippen LogP contribution in [0.4, 0.5) is 18.9 Å². The van der Waals surface area contributed by atoms with Gasteiger partial charge in [-0.2, -0.15) is 13.2 Å². The molecule has 2 heterocycles. The molecule has 0 saturated heterocycles. The molecule has 0 aliphatic carbocycles. The molecule has 1 aromatic carbocycles. The van der Waals surface area contributed by atoms with Crippen molar-refractivity contribution in [3.63, 3.8) is 0 Å². The van der Waals surface area contributed by atoms with Gasteiger partial charge in [-0.05, 0) is 52.3 Å². The average Bonchev–Trinajstić information content (AvgIpc) is 3.07. The topological polar surface area (TPSA) is 54.8 Å². The average molecular weight is 494 g/mol. The van der Waals surface area contributed by atoms with Crippen LogP contribution in [0.15, 0.2) is 47.1 Å². The minimum atomic E-state index is -4.36. The smallest absolute Gasteiger partial charge is 0.394 e. The fourth-order valence-corrected chi connectivity index (χ4v) is 3.56. The Balaban J connectivity index is 1.84. The maximum absolute atomic E-state index is 13.1. The number of carbonyl (C=O) groups is 1. The predicted molar refractivity (Wildman–Crippen MR) is 117 cm³/mol. The third-order valence-electron chi connectivity index (χ3n) is 4.51. The molecule has 0 atom stereocenters. The van der Waals surface area contributed by atoms with Crippen molar-refractivity contribution in [2.24, 2.45) is 0 Å². The van der Waals surface area contributed by atoms with E-state index in [0.29, 0.717) is 32.6 Å². The Bertz CT molecular complexity index is 1180. The van der Waals surface area contributed by atoms with E-state index in [1.165, 1.54) is 18.6 Å². The summed E-state index contributed by atoms with van der Waals surface area (Å²) < 4.78 is 46.8. The number of alkyl halides is 3. The Kier molecular flexibility index (Phi) is 6.81. The summed E-state index contributed by atoms with van der Waals surface area (Å²) in [7, 11) is 3.02. The van der Waals surface area contributed by atoms with Crippen molar-refractivity contribution in [3.05, 3.63) is 63.9 Å². The number of aromatic nitrogens is 1. The molecule has 0 saturated carbocycles. The molecule has 0 unspecified atom stereocenters. The number of benzene rings is 1. The van der Waals surface area contributed by atoms with Crippen molar-refractivity contribution >= 4 is 33.0 Å². The molecule has 0 radical (unpaired) electrons. The van der Waals surface area contributed by atoms with Crippen LogP contribution in [0.1, 0.15) is 21.6 Å². The second kappa shape index (κ2) is 9.35. The number of nitrogens with zero attached hydrogens (tertiary/aromatic N) is 1. The van der Waals surface area contributed by atoms with Crippen LogP contribution >= 0.6 is 15.9 Å². The van der Waals surface area contributed by atoms with Gasteiger partial charge >= 0.3 is 6.18 Å². The summed E-state index contributed by atoms with van der Waals surface area (Å²) in [6.45, 7) is 0.175. The Morgan fingerprint density at radius 2 is 2.03 bits per heavy atom.